The van der Waals surface area contributed by atoms with E-state index in [2.05, 4.69) is 0 Å². The number of nitrogens with zero attached hydrogens (tertiary/aromatic N) is 1. The number of hydrogen-bond donors (Lipinski definition) is 0. The first kappa shape index (κ1) is 19.5. The Morgan fingerprint density at radius 3 is 2.64 bits per heavy atom. The zero-order valence-electron chi connectivity index (χ0n) is 14.2. The van der Waals surface area contributed by atoms with Crippen LogP contribution in [-0.2, 0) is 0 Å². The Morgan fingerprint density at radius 1 is 1.11 bits per heavy atom. The monoisotopic (exact) mass is 413 g/mol. The summed E-state index contributed by atoms with van der Waals surface area (Å²) < 4.78 is 5.31. The van der Waals surface area contributed by atoms with Crippen LogP contribution < -0.4 is 4.74 Å². The van der Waals surface area contributed by atoms with Crippen LogP contribution in [-0.4, -0.2) is 16.7 Å². The fourth-order valence-corrected chi connectivity index (χ4v) is 3.11. The van der Waals surface area contributed by atoms with Gasteiger partial charge in [-0.2, -0.15) is 0 Å². The van der Waals surface area contributed by atoms with E-state index in [9.17, 15) is 19.7 Å². The first-order valence-corrected chi connectivity index (χ1v) is 9.22. The standard InChI is InChI=1S/C20H12ClNO5S/c21-14-6-9-19(17(12-14)18(23)8-7-16-5-2-10-28-16)27-20(24)13-3-1-4-15(11-13)22(25)26/h1-12H/b8-7+. The molecule has 0 aliphatic heterocycles. The largest absolute Gasteiger partial charge is 0.422 e. The maximum Gasteiger partial charge on any atom is 0.343 e. The van der Waals surface area contributed by atoms with Crippen LogP contribution in [0.1, 0.15) is 25.6 Å². The van der Waals surface area contributed by atoms with Gasteiger partial charge in [-0.3, -0.25) is 14.9 Å². The highest BCUT2D eigenvalue weighted by Gasteiger charge is 2.17. The number of hydrogen-bond acceptors (Lipinski definition) is 6. The second-order valence-corrected chi connectivity index (χ2v) is 6.97. The Labute approximate surface area is 168 Å². The van der Waals surface area contributed by atoms with Gasteiger partial charge in [0.2, 0.25) is 0 Å². The van der Waals surface area contributed by atoms with Crippen molar-refractivity contribution in [2.45, 2.75) is 0 Å². The normalized spacial score (nSPS) is 10.8. The third kappa shape index (κ3) is 4.70. The number of allylic oxidation sites excluding steroid dienone is 1. The van der Waals surface area contributed by atoms with Gasteiger partial charge in [0.15, 0.2) is 5.78 Å². The number of non-ortho nitro benzene ring substituents is 1. The summed E-state index contributed by atoms with van der Waals surface area (Å²) in [4.78, 5) is 36.1. The van der Waals surface area contributed by atoms with Gasteiger partial charge in [-0.1, -0.05) is 23.7 Å². The molecule has 1 aromatic heterocycles. The maximum atomic E-state index is 12.6. The lowest BCUT2D eigenvalue weighted by molar-refractivity contribution is -0.384. The molecule has 0 saturated heterocycles. The number of esters is 1. The molecule has 28 heavy (non-hydrogen) atoms. The number of ketones is 1. The number of nitro benzene ring substituents is 1. The van der Waals surface area contributed by atoms with Crippen molar-refractivity contribution in [1.82, 2.24) is 0 Å². The van der Waals surface area contributed by atoms with Gasteiger partial charge in [0.1, 0.15) is 5.75 Å². The SMILES string of the molecule is O=C(Oc1ccc(Cl)cc1C(=O)/C=C/c1cccs1)c1cccc([N+](=O)[O-])c1. The van der Waals surface area contributed by atoms with Crippen molar-refractivity contribution in [3.8, 4) is 5.75 Å². The third-order valence-corrected chi connectivity index (χ3v) is 4.72. The summed E-state index contributed by atoms with van der Waals surface area (Å²) in [7, 11) is 0. The fourth-order valence-electron chi connectivity index (χ4n) is 2.32. The fraction of sp³-hybridized carbons (Fsp3) is 0. The van der Waals surface area contributed by atoms with Gasteiger partial charge in [0.25, 0.3) is 5.69 Å². The van der Waals surface area contributed by atoms with Crippen LogP contribution >= 0.6 is 22.9 Å². The summed E-state index contributed by atoms with van der Waals surface area (Å²) in [5.41, 5.74) is -0.128. The molecule has 0 bridgehead atoms. The average Bonchev–Trinajstić information content (AvgIpc) is 3.21. The molecule has 3 rings (SSSR count). The van der Waals surface area contributed by atoms with E-state index in [0.29, 0.717) is 5.02 Å². The minimum atomic E-state index is -0.817. The Morgan fingerprint density at radius 2 is 1.93 bits per heavy atom. The number of carbonyl (C=O) groups excluding carboxylic acids is 2. The highest BCUT2D eigenvalue weighted by molar-refractivity contribution is 7.10. The highest BCUT2D eigenvalue weighted by atomic mass is 35.5. The highest BCUT2D eigenvalue weighted by Crippen LogP contribution is 2.26. The van der Waals surface area contributed by atoms with Crippen molar-refractivity contribution in [3.63, 3.8) is 0 Å². The van der Waals surface area contributed by atoms with Gasteiger partial charge in [-0.15, -0.1) is 11.3 Å². The summed E-state index contributed by atoms with van der Waals surface area (Å²) >= 11 is 7.45. The average molecular weight is 414 g/mol. The summed E-state index contributed by atoms with van der Waals surface area (Å²) in [5.74, 6) is -1.19. The number of ether oxygens (including phenoxy) is 1. The van der Waals surface area contributed by atoms with E-state index in [4.69, 9.17) is 16.3 Å². The quantitative estimate of drug-likeness (QED) is 0.134. The summed E-state index contributed by atoms with van der Waals surface area (Å²) in [6.45, 7) is 0. The topological polar surface area (TPSA) is 86.5 Å². The molecule has 140 valence electrons. The molecule has 6 nitrogen and oxygen atoms in total. The second kappa shape index (κ2) is 8.60. The van der Waals surface area contributed by atoms with E-state index >= 15 is 0 Å². The number of halogens is 1. The van der Waals surface area contributed by atoms with Gasteiger partial charge in [0.05, 0.1) is 16.1 Å². The molecule has 0 fully saturated rings. The van der Waals surface area contributed by atoms with Crippen LogP contribution in [0.5, 0.6) is 5.75 Å². The summed E-state index contributed by atoms with van der Waals surface area (Å²) in [6.07, 6.45) is 3.02. The van der Waals surface area contributed by atoms with Crippen molar-refractivity contribution < 1.29 is 19.2 Å². The van der Waals surface area contributed by atoms with Crippen LogP contribution in [0.15, 0.2) is 66.1 Å². The minimum absolute atomic E-state index is 0.00308. The van der Waals surface area contributed by atoms with Gasteiger partial charge in [0, 0.05) is 22.0 Å². The Hall–Kier alpha value is -3.29. The smallest absolute Gasteiger partial charge is 0.343 e. The first-order valence-electron chi connectivity index (χ1n) is 7.96. The molecule has 8 heteroatoms. The van der Waals surface area contributed by atoms with Crippen LogP contribution in [0, 0.1) is 10.1 Å². The molecule has 3 aromatic rings. The molecule has 1 heterocycles. The molecule has 0 atom stereocenters. The summed E-state index contributed by atoms with van der Waals surface area (Å²) in [6, 6.07) is 13.2. The molecular weight excluding hydrogens is 402 g/mol. The molecule has 0 aliphatic rings. The predicted molar refractivity (Wildman–Crippen MR) is 107 cm³/mol. The Balaban J connectivity index is 1.86. The van der Waals surface area contributed by atoms with Gasteiger partial charge in [-0.25, -0.2) is 4.79 Å². The molecule has 0 radical (unpaired) electrons. The van der Waals surface area contributed by atoms with Crippen molar-refractivity contribution >= 4 is 46.5 Å². The molecule has 0 N–H and O–H groups in total. The van der Waals surface area contributed by atoms with Crippen LogP contribution in [0.2, 0.25) is 5.02 Å². The van der Waals surface area contributed by atoms with Crippen molar-refractivity contribution in [2.24, 2.45) is 0 Å². The number of rotatable bonds is 6. The maximum absolute atomic E-state index is 12.6. The predicted octanol–water partition coefficient (Wildman–Crippen LogP) is 5.43. The van der Waals surface area contributed by atoms with E-state index in [1.165, 1.54) is 53.8 Å². The van der Waals surface area contributed by atoms with E-state index in [0.717, 1.165) is 10.9 Å². The van der Waals surface area contributed by atoms with Crippen LogP contribution in [0.4, 0.5) is 5.69 Å². The number of nitro groups is 1. The van der Waals surface area contributed by atoms with Gasteiger partial charge < -0.3 is 4.74 Å². The van der Waals surface area contributed by atoms with E-state index in [1.54, 1.807) is 6.08 Å². The van der Waals surface area contributed by atoms with Crippen LogP contribution in [0.25, 0.3) is 6.08 Å². The molecule has 0 unspecified atom stereocenters. The van der Waals surface area contributed by atoms with Gasteiger partial charge in [-0.05, 0) is 47.9 Å². The second-order valence-electron chi connectivity index (χ2n) is 5.55. The van der Waals surface area contributed by atoms with Crippen molar-refractivity contribution in [3.05, 3.63) is 97.2 Å². The molecular formula is C20H12ClNO5S. The zero-order valence-corrected chi connectivity index (χ0v) is 15.8. The van der Waals surface area contributed by atoms with Crippen LogP contribution in [0.3, 0.4) is 0 Å². The number of benzene rings is 2. The lowest BCUT2D eigenvalue weighted by Crippen LogP contribution is -2.11. The Kier molecular flexibility index (Phi) is 5.98. The van der Waals surface area contributed by atoms with Crippen molar-refractivity contribution in [1.29, 1.82) is 0 Å². The number of carbonyl (C=O) groups is 2. The summed E-state index contributed by atoms with van der Waals surface area (Å²) in [5, 5.41) is 13.1. The molecule has 0 aliphatic carbocycles. The number of thiophene rings is 1. The van der Waals surface area contributed by atoms with E-state index < -0.39 is 16.7 Å². The van der Waals surface area contributed by atoms with E-state index in [1.807, 2.05) is 17.5 Å². The lowest BCUT2D eigenvalue weighted by atomic mass is 10.1. The van der Waals surface area contributed by atoms with Gasteiger partial charge >= 0.3 is 5.97 Å². The lowest BCUT2D eigenvalue weighted by Gasteiger charge is -2.09. The first-order chi connectivity index (χ1) is 13.4. The molecule has 2 aromatic carbocycles. The molecule has 0 spiro atoms. The zero-order chi connectivity index (χ0) is 20.1. The molecule has 0 amide bonds. The van der Waals surface area contributed by atoms with Crippen molar-refractivity contribution in [2.75, 3.05) is 0 Å². The minimum Gasteiger partial charge on any atom is -0.422 e. The van der Waals surface area contributed by atoms with E-state index in [-0.39, 0.29) is 22.6 Å². The Bertz CT molecular complexity index is 1080. The molecule has 0 saturated carbocycles. The third-order valence-electron chi connectivity index (χ3n) is 3.64.